The summed E-state index contributed by atoms with van der Waals surface area (Å²) in [6.45, 7) is 0.725. The Morgan fingerprint density at radius 3 is 1.91 bits per heavy atom. The number of amides is 4. The average molecular weight is 675 g/mol. The van der Waals surface area contributed by atoms with Crippen molar-refractivity contribution in [1.82, 2.24) is 21.3 Å². The Morgan fingerprint density at radius 2 is 1.30 bits per heavy atom. The number of benzene rings is 2. The molecule has 0 heterocycles. The first-order valence-corrected chi connectivity index (χ1v) is 15.3. The molecule has 0 aliphatic carbocycles. The maximum atomic E-state index is 13.6. The van der Waals surface area contributed by atoms with Gasteiger partial charge in [0.05, 0.1) is 6.04 Å². The molecule has 0 saturated heterocycles. The third kappa shape index (κ3) is 13.5. The normalized spacial score (nSPS) is 13.5. The quantitative estimate of drug-likeness (QED) is 0.0552. The van der Waals surface area contributed by atoms with Crippen molar-refractivity contribution in [2.75, 3.05) is 13.1 Å². The Bertz CT molecular complexity index is 1230. The molecular weight excluding hydrogens is 630 g/mol. The summed E-state index contributed by atoms with van der Waals surface area (Å²) in [5.41, 5.74) is 24.3. The van der Waals surface area contributed by atoms with Gasteiger partial charge in [0.25, 0.3) is 0 Å². The minimum atomic E-state index is -1.09. The van der Waals surface area contributed by atoms with Gasteiger partial charge in [0.1, 0.15) is 18.1 Å². The molecule has 0 aliphatic heterocycles. The molecule has 13 N–H and O–H groups in total. The largest absolute Gasteiger partial charge is 0.370 e. The van der Waals surface area contributed by atoms with Crippen LogP contribution in [0.5, 0.6) is 0 Å². The number of rotatable bonds is 19. The molecule has 2 aromatic rings. The molecule has 0 unspecified atom stereocenters. The number of carbonyl (C=O) groups is 4. The molecule has 2 rings (SSSR count). The van der Waals surface area contributed by atoms with E-state index in [-0.39, 0.29) is 31.8 Å². The molecule has 14 heteroatoms. The zero-order chi connectivity index (χ0) is 32.5. The van der Waals surface area contributed by atoms with Crippen molar-refractivity contribution < 1.29 is 19.2 Å². The van der Waals surface area contributed by atoms with Crippen molar-refractivity contribution >= 4 is 45.5 Å². The van der Waals surface area contributed by atoms with Gasteiger partial charge in [0.15, 0.2) is 5.96 Å². The molecule has 0 radical (unpaired) electrons. The first-order chi connectivity index (χ1) is 21.0. The topological polar surface area (TPSA) is 244 Å². The van der Waals surface area contributed by atoms with Gasteiger partial charge < -0.3 is 44.2 Å². The van der Waals surface area contributed by atoms with E-state index in [1.54, 1.807) is 12.1 Å². The van der Waals surface area contributed by atoms with Gasteiger partial charge in [-0.1, -0.05) is 58.4 Å². The van der Waals surface area contributed by atoms with E-state index < -0.39 is 47.8 Å². The highest BCUT2D eigenvalue weighted by molar-refractivity contribution is 9.10. The fraction of sp³-hybridized carbons (Fsp3) is 0.433. The molecule has 240 valence electrons. The van der Waals surface area contributed by atoms with Crippen LogP contribution in [-0.2, 0) is 32.0 Å². The SMILES string of the molecule is N=C(N)NCCC[C@@H](NC(=O)[C@@H](N)Cc1ccccc1)C(=O)N[C@@H](Cc1ccc(Br)cc1)C(=O)N[C@@H](CCCCN)C(N)=O. The summed E-state index contributed by atoms with van der Waals surface area (Å²) in [6.07, 6.45) is 2.47. The summed E-state index contributed by atoms with van der Waals surface area (Å²) in [6, 6.07) is 12.5. The molecular formula is C30H44BrN9O4. The van der Waals surface area contributed by atoms with Gasteiger partial charge in [-0.05, 0) is 68.3 Å². The van der Waals surface area contributed by atoms with Crippen LogP contribution in [0.2, 0.25) is 0 Å². The van der Waals surface area contributed by atoms with Crippen LogP contribution in [0.4, 0.5) is 0 Å². The molecule has 4 amide bonds. The Morgan fingerprint density at radius 1 is 0.727 bits per heavy atom. The van der Waals surface area contributed by atoms with Crippen molar-refractivity contribution in [2.45, 2.75) is 69.1 Å². The molecule has 2 aromatic carbocycles. The predicted octanol–water partition coefficient (Wildman–Crippen LogP) is -0.106. The lowest BCUT2D eigenvalue weighted by Gasteiger charge is -2.26. The summed E-state index contributed by atoms with van der Waals surface area (Å²) in [5.74, 6) is -2.65. The molecule has 0 fully saturated rings. The minimum Gasteiger partial charge on any atom is -0.370 e. The van der Waals surface area contributed by atoms with E-state index in [4.69, 9.17) is 28.3 Å². The van der Waals surface area contributed by atoms with Crippen molar-refractivity contribution in [3.05, 3.63) is 70.2 Å². The standard InChI is InChI=1S/C30H44BrN9O4/c31-21-13-11-20(12-14-21)18-25(29(44)38-23(26(34)41)9-4-5-15-32)40-28(43)24(10-6-16-37-30(35)36)39-27(42)22(33)17-19-7-2-1-3-8-19/h1-3,7-8,11-14,22-25H,4-6,9-10,15-18,32-33H2,(H2,34,41)(H,38,44)(H,39,42)(H,40,43)(H4,35,36,37)/t22-,23-,24+,25-/m0/s1. The van der Waals surface area contributed by atoms with Gasteiger partial charge in [-0.2, -0.15) is 0 Å². The first kappa shape index (κ1) is 36.2. The zero-order valence-electron chi connectivity index (χ0n) is 24.7. The number of hydrogen-bond donors (Lipinski definition) is 9. The van der Waals surface area contributed by atoms with Crippen LogP contribution in [0.1, 0.15) is 43.2 Å². The van der Waals surface area contributed by atoms with Gasteiger partial charge in [-0.15, -0.1) is 0 Å². The number of unbranched alkanes of at least 4 members (excludes halogenated alkanes) is 1. The van der Waals surface area contributed by atoms with E-state index in [0.717, 1.165) is 15.6 Å². The molecule has 0 aliphatic rings. The smallest absolute Gasteiger partial charge is 0.243 e. The molecule has 0 bridgehead atoms. The number of nitrogens with two attached hydrogens (primary N) is 4. The summed E-state index contributed by atoms with van der Waals surface area (Å²) in [7, 11) is 0. The minimum absolute atomic E-state index is 0.110. The molecule has 44 heavy (non-hydrogen) atoms. The van der Waals surface area contributed by atoms with E-state index in [1.165, 1.54) is 0 Å². The highest BCUT2D eigenvalue weighted by Gasteiger charge is 2.30. The Balaban J connectivity index is 2.24. The summed E-state index contributed by atoms with van der Waals surface area (Å²) >= 11 is 3.39. The fourth-order valence-corrected chi connectivity index (χ4v) is 4.69. The molecule has 0 aromatic heterocycles. The number of carbonyl (C=O) groups excluding carboxylic acids is 4. The van der Waals surface area contributed by atoms with Crippen molar-refractivity contribution in [2.24, 2.45) is 22.9 Å². The predicted molar refractivity (Wildman–Crippen MR) is 173 cm³/mol. The van der Waals surface area contributed by atoms with E-state index in [0.29, 0.717) is 32.2 Å². The summed E-state index contributed by atoms with van der Waals surface area (Å²) in [4.78, 5) is 52.2. The van der Waals surface area contributed by atoms with Crippen LogP contribution < -0.4 is 44.2 Å². The lowest BCUT2D eigenvalue weighted by Crippen LogP contribution is -2.58. The van der Waals surface area contributed by atoms with Crippen molar-refractivity contribution in [3.63, 3.8) is 0 Å². The van der Waals surface area contributed by atoms with Gasteiger partial charge in [-0.25, -0.2) is 0 Å². The number of nitrogens with one attached hydrogen (secondary N) is 5. The number of primary amides is 1. The molecule has 0 spiro atoms. The zero-order valence-corrected chi connectivity index (χ0v) is 26.3. The van der Waals surface area contributed by atoms with E-state index in [2.05, 4.69) is 37.2 Å². The lowest BCUT2D eigenvalue weighted by molar-refractivity contribution is -0.133. The monoisotopic (exact) mass is 673 g/mol. The highest BCUT2D eigenvalue weighted by Crippen LogP contribution is 2.13. The van der Waals surface area contributed by atoms with E-state index in [1.807, 2.05) is 42.5 Å². The average Bonchev–Trinajstić information content (AvgIpc) is 2.99. The second kappa shape index (κ2) is 19.3. The van der Waals surface area contributed by atoms with Crippen LogP contribution in [-0.4, -0.2) is 66.8 Å². The Labute approximate surface area is 266 Å². The van der Waals surface area contributed by atoms with Crippen LogP contribution in [0.15, 0.2) is 59.1 Å². The first-order valence-electron chi connectivity index (χ1n) is 14.5. The van der Waals surface area contributed by atoms with Gasteiger partial charge >= 0.3 is 0 Å². The van der Waals surface area contributed by atoms with Gasteiger partial charge in [0, 0.05) is 17.4 Å². The van der Waals surface area contributed by atoms with Gasteiger partial charge in [0.2, 0.25) is 23.6 Å². The maximum Gasteiger partial charge on any atom is 0.243 e. The Kier molecular flexibility index (Phi) is 15.9. The van der Waals surface area contributed by atoms with Gasteiger partial charge in [-0.3, -0.25) is 24.6 Å². The maximum absolute atomic E-state index is 13.6. The number of hydrogen-bond acceptors (Lipinski definition) is 7. The number of halogens is 1. The van der Waals surface area contributed by atoms with Crippen LogP contribution in [0.3, 0.4) is 0 Å². The fourth-order valence-electron chi connectivity index (χ4n) is 4.43. The van der Waals surface area contributed by atoms with Crippen LogP contribution >= 0.6 is 15.9 Å². The third-order valence-electron chi connectivity index (χ3n) is 6.85. The summed E-state index contributed by atoms with van der Waals surface area (Å²) < 4.78 is 0.841. The number of guanidine groups is 1. The second-order valence-electron chi connectivity index (χ2n) is 10.5. The van der Waals surface area contributed by atoms with Crippen LogP contribution in [0, 0.1) is 5.41 Å². The van der Waals surface area contributed by atoms with E-state index >= 15 is 0 Å². The lowest BCUT2D eigenvalue weighted by atomic mass is 10.0. The summed E-state index contributed by atoms with van der Waals surface area (Å²) in [5, 5.41) is 18.2. The molecule has 0 saturated carbocycles. The van der Waals surface area contributed by atoms with Crippen molar-refractivity contribution in [3.8, 4) is 0 Å². The third-order valence-corrected chi connectivity index (χ3v) is 7.37. The highest BCUT2D eigenvalue weighted by atomic mass is 79.9. The molecule has 4 atom stereocenters. The second-order valence-corrected chi connectivity index (χ2v) is 11.4. The van der Waals surface area contributed by atoms with E-state index in [9.17, 15) is 19.2 Å². The van der Waals surface area contributed by atoms with Crippen molar-refractivity contribution in [1.29, 1.82) is 5.41 Å². The molecule has 13 nitrogen and oxygen atoms in total. The van der Waals surface area contributed by atoms with Crippen LogP contribution in [0.25, 0.3) is 0 Å². The Hall–Kier alpha value is -4.01.